The molecule has 1 amide bonds. The van der Waals surface area contributed by atoms with Crippen LogP contribution in [0.2, 0.25) is 0 Å². The smallest absolute Gasteiger partial charge is 0.326 e. The zero-order valence-corrected chi connectivity index (χ0v) is 16.2. The number of benzene rings is 2. The van der Waals surface area contributed by atoms with E-state index < -0.39 is 0 Å². The summed E-state index contributed by atoms with van der Waals surface area (Å²) < 4.78 is 1.54. The molecular formula is C22H23N5O2. The molecule has 5 rings (SSSR count). The van der Waals surface area contributed by atoms with Crippen LogP contribution >= 0.6 is 0 Å². The first kappa shape index (κ1) is 17.7. The topological polar surface area (TPSA) is 95.6 Å². The van der Waals surface area contributed by atoms with Crippen molar-refractivity contribution in [2.45, 2.75) is 37.6 Å². The van der Waals surface area contributed by atoms with Crippen LogP contribution in [0.3, 0.4) is 0 Å². The van der Waals surface area contributed by atoms with E-state index in [9.17, 15) is 9.59 Å². The molecule has 0 saturated heterocycles. The number of fused-ring (bicyclic) bond motifs is 2. The van der Waals surface area contributed by atoms with Crippen LogP contribution in [0, 0.1) is 0 Å². The van der Waals surface area contributed by atoms with Gasteiger partial charge in [0.1, 0.15) is 5.82 Å². The van der Waals surface area contributed by atoms with E-state index in [-0.39, 0.29) is 17.6 Å². The molecule has 2 aromatic carbocycles. The van der Waals surface area contributed by atoms with Gasteiger partial charge in [0.05, 0.1) is 22.1 Å². The molecule has 7 nitrogen and oxygen atoms in total. The Morgan fingerprint density at radius 2 is 2.00 bits per heavy atom. The lowest BCUT2D eigenvalue weighted by Crippen LogP contribution is -2.38. The molecule has 148 valence electrons. The molecule has 0 bridgehead atoms. The molecule has 2 aromatic heterocycles. The van der Waals surface area contributed by atoms with Crippen LogP contribution < -0.4 is 11.0 Å². The highest BCUT2D eigenvalue weighted by Crippen LogP contribution is 2.32. The van der Waals surface area contributed by atoms with E-state index in [0.717, 1.165) is 48.1 Å². The number of nitrogens with one attached hydrogen (secondary N) is 3. The minimum atomic E-state index is -0.182. The maximum Gasteiger partial charge on any atom is 0.326 e. The monoisotopic (exact) mass is 389 g/mol. The molecule has 7 heteroatoms. The average molecular weight is 389 g/mol. The number of imidazole rings is 2. The Morgan fingerprint density at radius 1 is 1.14 bits per heavy atom. The minimum Gasteiger partial charge on any atom is -0.349 e. The standard InChI is InChI=1S/C22H23N5O2/c1-27-19-10-9-14(12-18(19)26-22(27)29)21(28)23-15-6-4-5-13(11-15)20-24-16-7-2-3-8-17(16)25-20/h2-3,7-10,12-13,15H,4-6,11H2,1H3,(H,23,28)(H,24,25)(H,26,29)/t13-,15+/m0/s1. The fourth-order valence-electron chi connectivity index (χ4n) is 4.38. The van der Waals surface area contributed by atoms with Crippen LogP contribution in [0.1, 0.15) is 47.8 Å². The molecule has 4 aromatic rings. The van der Waals surface area contributed by atoms with E-state index in [2.05, 4.69) is 15.3 Å². The Balaban J connectivity index is 1.32. The predicted octanol–water partition coefficient (Wildman–Crippen LogP) is 3.20. The zero-order chi connectivity index (χ0) is 20.0. The number of hydrogen-bond donors (Lipinski definition) is 3. The molecule has 0 spiro atoms. The van der Waals surface area contributed by atoms with Gasteiger partial charge >= 0.3 is 5.69 Å². The lowest BCUT2D eigenvalue weighted by atomic mass is 9.85. The van der Waals surface area contributed by atoms with Gasteiger partial charge < -0.3 is 15.3 Å². The number of aryl methyl sites for hydroxylation is 1. The molecular weight excluding hydrogens is 366 g/mol. The lowest BCUT2D eigenvalue weighted by Gasteiger charge is -2.28. The number of H-pyrrole nitrogens is 2. The number of aromatic nitrogens is 4. The first-order valence-electron chi connectivity index (χ1n) is 10.0. The van der Waals surface area contributed by atoms with Crippen molar-refractivity contribution in [2.75, 3.05) is 0 Å². The van der Waals surface area contributed by atoms with Crippen molar-refractivity contribution >= 4 is 28.0 Å². The summed E-state index contributed by atoms with van der Waals surface area (Å²) in [5.74, 6) is 1.22. The maximum absolute atomic E-state index is 12.8. The summed E-state index contributed by atoms with van der Waals surface area (Å²) in [5, 5.41) is 3.18. The van der Waals surface area contributed by atoms with Crippen molar-refractivity contribution in [3.05, 3.63) is 64.3 Å². The second-order valence-electron chi connectivity index (χ2n) is 7.89. The lowest BCUT2D eigenvalue weighted by molar-refractivity contribution is 0.0925. The molecule has 1 saturated carbocycles. The van der Waals surface area contributed by atoms with E-state index in [4.69, 9.17) is 4.98 Å². The van der Waals surface area contributed by atoms with Gasteiger partial charge in [0.25, 0.3) is 5.91 Å². The normalized spacial score (nSPS) is 19.6. The number of para-hydroxylation sites is 2. The number of amides is 1. The molecule has 1 fully saturated rings. The van der Waals surface area contributed by atoms with Gasteiger partial charge in [-0.3, -0.25) is 9.36 Å². The highest BCUT2D eigenvalue weighted by molar-refractivity contribution is 5.97. The summed E-state index contributed by atoms with van der Waals surface area (Å²) in [5.41, 5.74) is 3.88. The Labute approximate surface area is 167 Å². The Kier molecular flexibility index (Phi) is 4.23. The average Bonchev–Trinajstić information content (AvgIpc) is 3.29. The summed E-state index contributed by atoms with van der Waals surface area (Å²) in [4.78, 5) is 35.5. The van der Waals surface area contributed by atoms with Crippen molar-refractivity contribution in [2.24, 2.45) is 7.05 Å². The van der Waals surface area contributed by atoms with Crippen molar-refractivity contribution in [3.63, 3.8) is 0 Å². The van der Waals surface area contributed by atoms with Gasteiger partial charge in [0.2, 0.25) is 0 Å². The minimum absolute atomic E-state index is 0.105. The largest absolute Gasteiger partial charge is 0.349 e. The maximum atomic E-state index is 12.8. The van der Waals surface area contributed by atoms with Gasteiger partial charge in [0, 0.05) is 24.6 Å². The van der Waals surface area contributed by atoms with Gasteiger partial charge in [-0.15, -0.1) is 0 Å². The van der Waals surface area contributed by atoms with Gasteiger partial charge in [-0.05, 0) is 49.6 Å². The third-order valence-corrected chi connectivity index (χ3v) is 5.97. The van der Waals surface area contributed by atoms with Crippen molar-refractivity contribution in [1.29, 1.82) is 0 Å². The summed E-state index contributed by atoms with van der Waals surface area (Å²) in [6, 6.07) is 13.5. The van der Waals surface area contributed by atoms with Crippen LogP contribution in [-0.2, 0) is 7.05 Å². The summed E-state index contributed by atoms with van der Waals surface area (Å²) in [6.45, 7) is 0. The van der Waals surface area contributed by atoms with E-state index in [1.165, 1.54) is 4.57 Å². The summed E-state index contributed by atoms with van der Waals surface area (Å²) >= 11 is 0. The van der Waals surface area contributed by atoms with Crippen LogP contribution in [0.15, 0.2) is 47.3 Å². The molecule has 2 atom stereocenters. The van der Waals surface area contributed by atoms with Crippen molar-refractivity contribution in [3.8, 4) is 0 Å². The number of carbonyl (C=O) groups is 1. The highest BCUT2D eigenvalue weighted by Gasteiger charge is 2.27. The number of hydrogen-bond acceptors (Lipinski definition) is 3. The Morgan fingerprint density at radius 3 is 2.86 bits per heavy atom. The highest BCUT2D eigenvalue weighted by atomic mass is 16.2. The van der Waals surface area contributed by atoms with Crippen LogP contribution in [0.4, 0.5) is 0 Å². The van der Waals surface area contributed by atoms with Crippen molar-refractivity contribution < 1.29 is 4.79 Å². The number of aromatic amines is 2. The first-order chi connectivity index (χ1) is 14.1. The molecule has 0 radical (unpaired) electrons. The van der Waals surface area contributed by atoms with Gasteiger partial charge in [-0.1, -0.05) is 18.6 Å². The van der Waals surface area contributed by atoms with Crippen LogP contribution in [0.25, 0.3) is 22.1 Å². The van der Waals surface area contributed by atoms with E-state index in [0.29, 0.717) is 17.0 Å². The third kappa shape index (κ3) is 3.22. The third-order valence-electron chi connectivity index (χ3n) is 5.97. The summed E-state index contributed by atoms with van der Waals surface area (Å²) in [6.07, 6.45) is 3.96. The molecule has 29 heavy (non-hydrogen) atoms. The van der Waals surface area contributed by atoms with Gasteiger partial charge in [-0.25, -0.2) is 9.78 Å². The number of nitrogens with zero attached hydrogens (tertiary/aromatic N) is 2. The van der Waals surface area contributed by atoms with Gasteiger partial charge in [0.15, 0.2) is 0 Å². The predicted molar refractivity (Wildman–Crippen MR) is 112 cm³/mol. The quantitative estimate of drug-likeness (QED) is 0.502. The number of carbonyl (C=O) groups excluding carboxylic acids is 1. The zero-order valence-electron chi connectivity index (χ0n) is 16.2. The number of rotatable bonds is 3. The first-order valence-corrected chi connectivity index (χ1v) is 10.0. The van der Waals surface area contributed by atoms with Crippen LogP contribution in [-0.4, -0.2) is 31.5 Å². The second-order valence-corrected chi connectivity index (χ2v) is 7.89. The SMILES string of the molecule is Cn1c(=O)[nH]c2cc(C(=O)N[C@@H]3CCC[C@H](c4nc5ccccc5[nH]4)C3)ccc21. The molecule has 1 aliphatic rings. The van der Waals surface area contributed by atoms with Crippen molar-refractivity contribution in [1.82, 2.24) is 24.8 Å². The van der Waals surface area contributed by atoms with Crippen LogP contribution in [0.5, 0.6) is 0 Å². The molecule has 3 N–H and O–H groups in total. The van der Waals surface area contributed by atoms with E-state index in [1.54, 1.807) is 25.2 Å². The van der Waals surface area contributed by atoms with E-state index in [1.807, 2.05) is 24.3 Å². The molecule has 2 heterocycles. The van der Waals surface area contributed by atoms with E-state index >= 15 is 0 Å². The Hall–Kier alpha value is -3.35. The molecule has 0 aliphatic heterocycles. The van der Waals surface area contributed by atoms with Gasteiger partial charge in [-0.2, -0.15) is 0 Å². The fourth-order valence-corrected chi connectivity index (χ4v) is 4.38. The molecule has 1 aliphatic carbocycles. The fraction of sp³-hybridized carbons (Fsp3) is 0.318. The second kappa shape index (κ2) is 6.92. The molecule has 0 unspecified atom stereocenters. The summed E-state index contributed by atoms with van der Waals surface area (Å²) in [7, 11) is 1.71. The Bertz CT molecular complexity index is 1230.